The molecule has 1 aliphatic heterocycles. The molecule has 2 unspecified atom stereocenters. The smallest absolute Gasteiger partial charge is 0.326 e. The van der Waals surface area contributed by atoms with Gasteiger partial charge in [-0.05, 0) is 13.0 Å². The molecular formula is C24H23NO4. The van der Waals surface area contributed by atoms with Gasteiger partial charge in [0.2, 0.25) is 0 Å². The van der Waals surface area contributed by atoms with Gasteiger partial charge < -0.3 is 9.47 Å². The highest BCUT2D eigenvalue weighted by Gasteiger charge is 2.49. The zero-order valence-electron chi connectivity index (χ0n) is 16.2. The molecule has 29 heavy (non-hydrogen) atoms. The summed E-state index contributed by atoms with van der Waals surface area (Å²) in [6.07, 6.45) is 6.62. The number of carbonyl (C=O) groups excluding carboxylic acids is 2. The van der Waals surface area contributed by atoms with Crippen LogP contribution >= 0.6 is 0 Å². The van der Waals surface area contributed by atoms with Crippen LogP contribution in [-0.2, 0) is 24.7 Å². The Morgan fingerprint density at radius 2 is 1.66 bits per heavy atom. The van der Waals surface area contributed by atoms with Gasteiger partial charge in [-0.3, -0.25) is 14.9 Å². The lowest BCUT2D eigenvalue weighted by Gasteiger charge is -2.40. The Kier molecular flexibility index (Phi) is 5.43. The highest BCUT2D eigenvalue weighted by molar-refractivity contribution is 5.96. The number of ether oxygens (including phenoxy) is 2. The summed E-state index contributed by atoms with van der Waals surface area (Å²) in [5, 5.41) is 3.08. The molecule has 2 aromatic carbocycles. The van der Waals surface area contributed by atoms with Gasteiger partial charge in [0, 0.05) is 11.1 Å². The van der Waals surface area contributed by atoms with E-state index in [1.54, 1.807) is 12.2 Å². The van der Waals surface area contributed by atoms with Crippen molar-refractivity contribution in [1.29, 1.82) is 0 Å². The van der Waals surface area contributed by atoms with E-state index in [0.29, 0.717) is 0 Å². The average molecular weight is 389 g/mol. The van der Waals surface area contributed by atoms with Crippen LogP contribution in [0, 0.1) is 5.92 Å². The largest absolute Gasteiger partial charge is 0.447 e. The molecule has 5 nitrogen and oxygen atoms in total. The van der Waals surface area contributed by atoms with E-state index in [0.717, 1.165) is 11.1 Å². The number of nitrogens with one attached hydrogen (secondary N) is 1. The van der Waals surface area contributed by atoms with Gasteiger partial charge in [-0.1, -0.05) is 78.9 Å². The number of rotatable bonds is 5. The van der Waals surface area contributed by atoms with Crippen LogP contribution in [0.4, 0.5) is 0 Å². The van der Waals surface area contributed by atoms with E-state index < -0.39 is 23.5 Å². The van der Waals surface area contributed by atoms with E-state index in [4.69, 9.17) is 9.47 Å². The lowest BCUT2D eigenvalue weighted by Crippen LogP contribution is -2.48. The first-order valence-corrected chi connectivity index (χ1v) is 9.71. The second kappa shape index (κ2) is 8.15. The quantitative estimate of drug-likeness (QED) is 0.796. The number of ketones is 1. The maximum Gasteiger partial charge on any atom is 0.326 e. The zero-order valence-corrected chi connectivity index (χ0v) is 16.2. The molecule has 1 fully saturated rings. The minimum Gasteiger partial charge on any atom is -0.447 e. The number of carbonyl (C=O) groups is 2. The van der Waals surface area contributed by atoms with Crippen LogP contribution in [0.15, 0.2) is 85.0 Å². The van der Waals surface area contributed by atoms with E-state index in [2.05, 4.69) is 5.32 Å². The lowest BCUT2D eigenvalue weighted by molar-refractivity contribution is -0.164. The van der Waals surface area contributed by atoms with Gasteiger partial charge in [0.1, 0.15) is 12.3 Å². The predicted octanol–water partition coefficient (Wildman–Crippen LogP) is 3.12. The number of esters is 1. The van der Waals surface area contributed by atoms with Crippen molar-refractivity contribution in [3.63, 3.8) is 0 Å². The molecule has 1 heterocycles. The Bertz CT molecular complexity index is 896. The third kappa shape index (κ3) is 3.67. The minimum absolute atomic E-state index is 0.114. The molecule has 3 atom stereocenters. The van der Waals surface area contributed by atoms with Gasteiger partial charge in [0.25, 0.3) is 0 Å². The molecule has 0 saturated carbocycles. The fourth-order valence-corrected chi connectivity index (χ4v) is 3.92. The molecule has 148 valence electrons. The zero-order chi connectivity index (χ0) is 20.3. The molecule has 1 aliphatic carbocycles. The SMILES string of the molecule is CC1NC(C(=O)OC(c2ccccc2)(c2ccccc2)[C@@H]2C=CC=CC2=O)CO1. The highest BCUT2D eigenvalue weighted by atomic mass is 16.6. The van der Waals surface area contributed by atoms with Crippen LogP contribution in [0.3, 0.4) is 0 Å². The summed E-state index contributed by atoms with van der Waals surface area (Å²) < 4.78 is 11.7. The maximum absolute atomic E-state index is 13.2. The molecule has 1 N–H and O–H groups in total. The standard InChI is InChI=1S/C24H23NO4/c1-17-25-21(16-28-17)23(27)29-24(18-10-4-2-5-11-18,19-12-6-3-7-13-19)20-14-8-9-15-22(20)26/h2-15,17,20-21,25H,16H2,1H3/t17?,20-,21?/m1/s1. The first-order chi connectivity index (χ1) is 14.1. The maximum atomic E-state index is 13.2. The molecular weight excluding hydrogens is 366 g/mol. The van der Waals surface area contributed by atoms with Crippen molar-refractivity contribution >= 4 is 11.8 Å². The van der Waals surface area contributed by atoms with Crippen molar-refractivity contribution in [2.45, 2.75) is 24.8 Å². The van der Waals surface area contributed by atoms with Crippen LogP contribution in [0.1, 0.15) is 18.1 Å². The van der Waals surface area contributed by atoms with Crippen LogP contribution in [0.25, 0.3) is 0 Å². The Morgan fingerprint density at radius 3 is 2.17 bits per heavy atom. The number of allylic oxidation sites excluding steroid dienone is 3. The number of hydrogen-bond acceptors (Lipinski definition) is 5. The molecule has 4 rings (SSSR count). The fraction of sp³-hybridized carbons (Fsp3) is 0.250. The van der Waals surface area contributed by atoms with Crippen LogP contribution in [0.5, 0.6) is 0 Å². The van der Waals surface area contributed by atoms with Gasteiger partial charge in [-0.25, -0.2) is 0 Å². The van der Waals surface area contributed by atoms with Gasteiger partial charge >= 0.3 is 5.97 Å². The summed E-state index contributed by atoms with van der Waals surface area (Å²) in [5.41, 5.74) is 0.195. The first-order valence-electron chi connectivity index (χ1n) is 9.71. The summed E-state index contributed by atoms with van der Waals surface area (Å²) in [6.45, 7) is 2.07. The van der Waals surface area contributed by atoms with E-state index in [1.807, 2.05) is 73.7 Å². The van der Waals surface area contributed by atoms with Gasteiger partial charge in [0.15, 0.2) is 11.4 Å². The predicted molar refractivity (Wildman–Crippen MR) is 109 cm³/mol. The average Bonchev–Trinajstić information content (AvgIpc) is 3.20. The Hall–Kier alpha value is -3.02. The van der Waals surface area contributed by atoms with Crippen molar-refractivity contribution in [2.24, 2.45) is 5.92 Å². The van der Waals surface area contributed by atoms with Gasteiger partial charge in [-0.15, -0.1) is 0 Å². The topological polar surface area (TPSA) is 64.6 Å². The molecule has 0 amide bonds. The van der Waals surface area contributed by atoms with Crippen molar-refractivity contribution < 1.29 is 19.1 Å². The Morgan fingerprint density at radius 1 is 1.03 bits per heavy atom. The first kappa shape index (κ1) is 19.3. The van der Waals surface area contributed by atoms with E-state index in [1.165, 1.54) is 6.08 Å². The molecule has 0 bridgehead atoms. The van der Waals surface area contributed by atoms with E-state index in [9.17, 15) is 9.59 Å². The summed E-state index contributed by atoms with van der Waals surface area (Å²) in [7, 11) is 0. The van der Waals surface area contributed by atoms with E-state index >= 15 is 0 Å². The van der Waals surface area contributed by atoms with Crippen LogP contribution in [-0.4, -0.2) is 30.6 Å². The third-order valence-corrected chi connectivity index (χ3v) is 5.32. The Balaban J connectivity index is 1.86. The number of hydrogen-bond donors (Lipinski definition) is 1. The summed E-state index contributed by atoms with van der Waals surface area (Å²) in [6, 6.07) is 18.3. The van der Waals surface area contributed by atoms with E-state index in [-0.39, 0.29) is 18.6 Å². The Labute approximate surface area is 170 Å². The fourth-order valence-electron chi connectivity index (χ4n) is 3.92. The number of benzene rings is 2. The second-order valence-corrected chi connectivity index (χ2v) is 7.21. The highest BCUT2D eigenvalue weighted by Crippen LogP contribution is 2.43. The molecule has 5 heteroatoms. The summed E-state index contributed by atoms with van der Waals surface area (Å²) >= 11 is 0. The molecule has 1 saturated heterocycles. The second-order valence-electron chi connectivity index (χ2n) is 7.21. The van der Waals surface area contributed by atoms with Crippen molar-refractivity contribution in [2.75, 3.05) is 6.61 Å². The van der Waals surface area contributed by atoms with Gasteiger partial charge in [0.05, 0.1) is 12.5 Å². The van der Waals surface area contributed by atoms with Gasteiger partial charge in [-0.2, -0.15) is 0 Å². The minimum atomic E-state index is -1.29. The monoisotopic (exact) mass is 389 g/mol. The van der Waals surface area contributed by atoms with Crippen molar-refractivity contribution in [3.8, 4) is 0 Å². The summed E-state index contributed by atoms with van der Waals surface area (Å²) in [5.74, 6) is -1.24. The normalized spacial score (nSPS) is 23.9. The van der Waals surface area contributed by atoms with Crippen LogP contribution < -0.4 is 5.32 Å². The molecule has 0 radical (unpaired) electrons. The van der Waals surface area contributed by atoms with Crippen LogP contribution in [0.2, 0.25) is 0 Å². The third-order valence-electron chi connectivity index (χ3n) is 5.32. The molecule has 2 aliphatic rings. The molecule has 2 aromatic rings. The molecule has 0 aromatic heterocycles. The van der Waals surface area contributed by atoms with Crippen molar-refractivity contribution in [3.05, 3.63) is 96.1 Å². The molecule has 0 spiro atoms. The summed E-state index contributed by atoms with van der Waals surface area (Å²) in [4.78, 5) is 26.2. The van der Waals surface area contributed by atoms with Crippen molar-refractivity contribution in [1.82, 2.24) is 5.32 Å². The lowest BCUT2D eigenvalue weighted by atomic mass is 9.72.